The van der Waals surface area contributed by atoms with Gasteiger partial charge in [-0.15, -0.1) is 5.10 Å². The summed E-state index contributed by atoms with van der Waals surface area (Å²) in [5.74, 6) is -0.196. The Balaban J connectivity index is 1.99. The van der Waals surface area contributed by atoms with E-state index in [2.05, 4.69) is 15.6 Å². The lowest BCUT2D eigenvalue weighted by molar-refractivity contribution is 0.0792. The number of aromatic nitrogens is 3. The number of amides is 1. The molecular weight excluding hydrogens is 220 g/mol. The minimum atomic E-state index is -0.196. The fourth-order valence-electron chi connectivity index (χ4n) is 1.53. The van der Waals surface area contributed by atoms with Crippen molar-refractivity contribution in [1.29, 1.82) is 5.26 Å². The van der Waals surface area contributed by atoms with Crippen molar-refractivity contribution in [3.8, 4) is 6.07 Å². The number of rotatable bonds is 4. The summed E-state index contributed by atoms with van der Waals surface area (Å²) in [4.78, 5) is 13.4. The van der Waals surface area contributed by atoms with Gasteiger partial charge in [-0.05, 0) is 0 Å². The number of nitrogens with one attached hydrogen (secondary N) is 1. The Labute approximate surface area is 99.0 Å². The molecule has 7 nitrogen and oxygen atoms in total. The van der Waals surface area contributed by atoms with Crippen LogP contribution in [0.25, 0.3) is 0 Å². The van der Waals surface area contributed by atoms with E-state index >= 15 is 0 Å². The monoisotopic (exact) mass is 234 g/mol. The molecule has 0 aliphatic carbocycles. The molecule has 1 saturated heterocycles. The first-order valence-corrected chi connectivity index (χ1v) is 5.47. The Morgan fingerprint density at radius 3 is 3.12 bits per heavy atom. The SMILES string of the molecule is CN(CCC#N)C(=O)c1cn(C2CNC2)nn1. The topological polar surface area (TPSA) is 86.8 Å². The van der Waals surface area contributed by atoms with E-state index in [1.54, 1.807) is 17.9 Å². The molecule has 2 heterocycles. The van der Waals surface area contributed by atoms with Gasteiger partial charge >= 0.3 is 0 Å². The van der Waals surface area contributed by atoms with Crippen LogP contribution < -0.4 is 5.32 Å². The zero-order chi connectivity index (χ0) is 12.3. The highest BCUT2D eigenvalue weighted by Gasteiger charge is 2.22. The second kappa shape index (κ2) is 4.93. The molecule has 0 aromatic carbocycles. The van der Waals surface area contributed by atoms with Crippen LogP contribution >= 0.6 is 0 Å². The Morgan fingerprint density at radius 2 is 2.53 bits per heavy atom. The highest BCUT2D eigenvalue weighted by atomic mass is 16.2. The molecule has 1 aliphatic rings. The fraction of sp³-hybridized carbons (Fsp3) is 0.600. The summed E-state index contributed by atoms with van der Waals surface area (Å²) in [5.41, 5.74) is 0.331. The number of hydrogen-bond acceptors (Lipinski definition) is 5. The first-order valence-electron chi connectivity index (χ1n) is 5.47. The van der Waals surface area contributed by atoms with Gasteiger partial charge < -0.3 is 10.2 Å². The Kier molecular flexibility index (Phi) is 3.35. The van der Waals surface area contributed by atoms with E-state index in [4.69, 9.17) is 5.26 Å². The molecule has 0 bridgehead atoms. The average molecular weight is 234 g/mol. The molecule has 17 heavy (non-hydrogen) atoms. The molecule has 0 unspecified atom stereocenters. The van der Waals surface area contributed by atoms with Crippen LogP contribution in [0.5, 0.6) is 0 Å². The lowest BCUT2D eigenvalue weighted by Crippen LogP contribution is -2.43. The number of hydrogen-bond donors (Lipinski definition) is 1. The van der Waals surface area contributed by atoms with Gasteiger partial charge in [-0.25, -0.2) is 4.68 Å². The van der Waals surface area contributed by atoms with E-state index in [0.717, 1.165) is 13.1 Å². The van der Waals surface area contributed by atoms with Crippen LogP contribution in [0.4, 0.5) is 0 Å². The lowest BCUT2D eigenvalue weighted by Gasteiger charge is -2.26. The molecular formula is C10H14N6O. The van der Waals surface area contributed by atoms with Crippen molar-refractivity contribution >= 4 is 5.91 Å². The highest BCUT2D eigenvalue weighted by molar-refractivity contribution is 5.91. The van der Waals surface area contributed by atoms with Crippen molar-refractivity contribution < 1.29 is 4.79 Å². The van der Waals surface area contributed by atoms with Gasteiger partial charge in [0.05, 0.1) is 24.7 Å². The summed E-state index contributed by atoms with van der Waals surface area (Å²) in [6, 6.07) is 2.30. The predicted octanol–water partition coefficient (Wildman–Crippen LogP) is -0.592. The van der Waals surface area contributed by atoms with Crippen LogP contribution in [-0.4, -0.2) is 52.5 Å². The minimum absolute atomic E-state index is 0.196. The number of carbonyl (C=O) groups excluding carboxylic acids is 1. The van der Waals surface area contributed by atoms with Crippen molar-refractivity contribution in [2.75, 3.05) is 26.7 Å². The first kappa shape index (κ1) is 11.5. The highest BCUT2D eigenvalue weighted by Crippen LogP contribution is 2.10. The van der Waals surface area contributed by atoms with E-state index in [-0.39, 0.29) is 5.91 Å². The van der Waals surface area contributed by atoms with Gasteiger partial charge in [-0.2, -0.15) is 5.26 Å². The smallest absolute Gasteiger partial charge is 0.275 e. The first-order chi connectivity index (χ1) is 8.22. The van der Waals surface area contributed by atoms with Crippen LogP contribution in [0.15, 0.2) is 6.20 Å². The van der Waals surface area contributed by atoms with Crippen LogP contribution in [0.2, 0.25) is 0 Å². The van der Waals surface area contributed by atoms with Gasteiger partial charge in [0.15, 0.2) is 5.69 Å². The maximum atomic E-state index is 11.9. The van der Waals surface area contributed by atoms with E-state index in [1.807, 2.05) is 6.07 Å². The summed E-state index contributed by atoms with van der Waals surface area (Å²) in [7, 11) is 1.66. The standard InChI is InChI=1S/C10H14N6O/c1-15(4-2-3-11)10(17)9-7-16(14-13-9)8-5-12-6-8/h7-8,12H,2,4-6H2,1H3. The van der Waals surface area contributed by atoms with Gasteiger partial charge in [-0.1, -0.05) is 5.21 Å². The van der Waals surface area contributed by atoms with Crippen molar-refractivity contribution in [2.24, 2.45) is 0 Å². The third-order valence-corrected chi connectivity index (χ3v) is 2.77. The molecule has 7 heteroatoms. The molecule has 2 rings (SSSR count). The second-order valence-electron chi connectivity index (χ2n) is 4.03. The van der Waals surface area contributed by atoms with Gasteiger partial charge in [0.1, 0.15) is 0 Å². The predicted molar refractivity (Wildman–Crippen MR) is 59.1 cm³/mol. The van der Waals surface area contributed by atoms with Gasteiger partial charge in [0, 0.05) is 26.7 Å². The fourth-order valence-corrected chi connectivity index (χ4v) is 1.53. The third-order valence-electron chi connectivity index (χ3n) is 2.77. The largest absolute Gasteiger partial charge is 0.339 e. The summed E-state index contributed by atoms with van der Waals surface area (Å²) < 4.78 is 1.71. The van der Waals surface area contributed by atoms with Gasteiger partial charge in [-0.3, -0.25) is 4.79 Å². The number of carbonyl (C=O) groups is 1. The van der Waals surface area contributed by atoms with Crippen LogP contribution in [0.1, 0.15) is 23.0 Å². The lowest BCUT2D eigenvalue weighted by atomic mass is 10.2. The molecule has 1 aromatic heterocycles. The van der Waals surface area contributed by atoms with Crippen molar-refractivity contribution in [3.05, 3.63) is 11.9 Å². The maximum Gasteiger partial charge on any atom is 0.275 e. The van der Waals surface area contributed by atoms with Crippen LogP contribution in [-0.2, 0) is 0 Å². The average Bonchev–Trinajstić information content (AvgIpc) is 2.71. The van der Waals surface area contributed by atoms with Crippen molar-refractivity contribution in [1.82, 2.24) is 25.2 Å². The number of nitriles is 1. The van der Waals surface area contributed by atoms with E-state index in [1.165, 1.54) is 4.90 Å². The van der Waals surface area contributed by atoms with Gasteiger partial charge in [0.2, 0.25) is 0 Å². The summed E-state index contributed by atoms with van der Waals surface area (Å²) in [5, 5.41) is 19.4. The second-order valence-corrected chi connectivity index (χ2v) is 4.03. The zero-order valence-corrected chi connectivity index (χ0v) is 9.63. The Morgan fingerprint density at radius 1 is 1.76 bits per heavy atom. The Hall–Kier alpha value is -1.94. The Bertz CT molecular complexity index is 444. The quantitative estimate of drug-likeness (QED) is 0.752. The van der Waals surface area contributed by atoms with Crippen molar-refractivity contribution in [2.45, 2.75) is 12.5 Å². The molecule has 0 radical (unpaired) electrons. The van der Waals surface area contributed by atoms with E-state index in [9.17, 15) is 4.79 Å². The van der Waals surface area contributed by atoms with Crippen LogP contribution in [0.3, 0.4) is 0 Å². The molecule has 1 fully saturated rings. The molecule has 1 N–H and O–H groups in total. The van der Waals surface area contributed by atoms with Gasteiger partial charge in [0.25, 0.3) is 5.91 Å². The molecule has 1 amide bonds. The zero-order valence-electron chi connectivity index (χ0n) is 9.63. The summed E-state index contributed by atoms with van der Waals surface area (Å²) >= 11 is 0. The normalized spacial score (nSPS) is 15.1. The molecule has 90 valence electrons. The molecule has 0 atom stereocenters. The van der Waals surface area contributed by atoms with E-state index < -0.39 is 0 Å². The van der Waals surface area contributed by atoms with Crippen LogP contribution in [0, 0.1) is 11.3 Å². The number of nitrogens with zero attached hydrogens (tertiary/aromatic N) is 5. The minimum Gasteiger partial charge on any atom is -0.339 e. The van der Waals surface area contributed by atoms with E-state index in [0.29, 0.717) is 24.7 Å². The molecule has 1 aliphatic heterocycles. The van der Waals surface area contributed by atoms with Crippen molar-refractivity contribution in [3.63, 3.8) is 0 Å². The molecule has 0 saturated carbocycles. The molecule has 0 spiro atoms. The summed E-state index contributed by atoms with van der Waals surface area (Å²) in [6.07, 6.45) is 1.99. The molecule has 1 aromatic rings. The summed E-state index contributed by atoms with van der Waals surface area (Å²) in [6.45, 7) is 2.13. The maximum absolute atomic E-state index is 11.9. The third kappa shape index (κ3) is 2.42.